The number of benzene rings is 1. The molecular formula is C15H19N3O3. The van der Waals surface area contributed by atoms with Crippen molar-refractivity contribution in [2.24, 2.45) is 5.92 Å². The van der Waals surface area contributed by atoms with E-state index in [-0.39, 0.29) is 11.6 Å². The van der Waals surface area contributed by atoms with Gasteiger partial charge in [-0.15, -0.1) is 0 Å². The molecule has 2 heterocycles. The molecule has 2 aliphatic rings. The lowest BCUT2D eigenvalue weighted by atomic mass is 9.94. The summed E-state index contributed by atoms with van der Waals surface area (Å²) in [4.78, 5) is 24.9. The Kier molecular flexibility index (Phi) is 3.63. The van der Waals surface area contributed by atoms with E-state index in [1.165, 1.54) is 6.07 Å². The van der Waals surface area contributed by atoms with Crippen LogP contribution in [-0.4, -0.2) is 41.4 Å². The molecule has 2 aliphatic heterocycles. The van der Waals surface area contributed by atoms with Crippen LogP contribution in [0.5, 0.6) is 0 Å². The van der Waals surface area contributed by atoms with Gasteiger partial charge in [0, 0.05) is 36.3 Å². The number of piperidine rings is 1. The highest BCUT2D eigenvalue weighted by atomic mass is 16.6. The lowest BCUT2D eigenvalue weighted by Gasteiger charge is -2.24. The molecule has 21 heavy (non-hydrogen) atoms. The molecule has 0 bridgehead atoms. The Bertz CT molecular complexity index is 574. The SMILES string of the molecule is Cc1ccc(C(=O)N2C[C@@H]3CCCN[C@@H]3C2)cc1[N+](=O)[O-]. The fourth-order valence-electron chi connectivity index (χ4n) is 3.33. The van der Waals surface area contributed by atoms with Gasteiger partial charge in [-0.3, -0.25) is 14.9 Å². The Morgan fingerprint density at radius 2 is 2.24 bits per heavy atom. The van der Waals surface area contributed by atoms with E-state index in [9.17, 15) is 14.9 Å². The summed E-state index contributed by atoms with van der Waals surface area (Å²) >= 11 is 0. The van der Waals surface area contributed by atoms with Crippen molar-refractivity contribution in [1.29, 1.82) is 0 Å². The highest BCUT2D eigenvalue weighted by Gasteiger charge is 2.36. The number of nitrogens with one attached hydrogen (secondary N) is 1. The van der Waals surface area contributed by atoms with Gasteiger partial charge in [0.25, 0.3) is 11.6 Å². The number of nitro groups is 1. The van der Waals surface area contributed by atoms with Crippen LogP contribution in [0.15, 0.2) is 18.2 Å². The molecule has 1 amide bonds. The van der Waals surface area contributed by atoms with Crippen LogP contribution in [0.25, 0.3) is 0 Å². The number of hydrogen-bond donors (Lipinski definition) is 1. The number of nitrogens with zero attached hydrogens (tertiary/aromatic N) is 2. The molecule has 0 aromatic heterocycles. The third-order valence-electron chi connectivity index (χ3n) is 4.54. The van der Waals surface area contributed by atoms with Crippen LogP contribution < -0.4 is 5.32 Å². The van der Waals surface area contributed by atoms with E-state index in [0.29, 0.717) is 29.6 Å². The first kappa shape index (κ1) is 14.0. The molecule has 1 aromatic rings. The maximum Gasteiger partial charge on any atom is 0.273 e. The van der Waals surface area contributed by atoms with Crippen molar-refractivity contribution >= 4 is 11.6 Å². The second kappa shape index (κ2) is 5.44. The average Bonchev–Trinajstić information content (AvgIpc) is 2.90. The van der Waals surface area contributed by atoms with Crippen LogP contribution in [0, 0.1) is 23.0 Å². The van der Waals surface area contributed by atoms with Crippen molar-refractivity contribution in [2.45, 2.75) is 25.8 Å². The van der Waals surface area contributed by atoms with Gasteiger partial charge in [-0.25, -0.2) is 0 Å². The molecule has 3 rings (SSSR count). The number of amides is 1. The maximum absolute atomic E-state index is 12.6. The lowest BCUT2D eigenvalue weighted by Crippen LogP contribution is -2.41. The van der Waals surface area contributed by atoms with E-state index in [1.807, 2.05) is 4.90 Å². The third kappa shape index (κ3) is 2.63. The highest BCUT2D eigenvalue weighted by molar-refractivity contribution is 5.95. The molecule has 1 aromatic carbocycles. The normalized spacial score (nSPS) is 24.7. The number of rotatable bonds is 2. The fraction of sp³-hybridized carbons (Fsp3) is 0.533. The van der Waals surface area contributed by atoms with Crippen molar-refractivity contribution in [3.8, 4) is 0 Å². The molecule has 0 saturated carbocycles. The topological polar surface area (TPSA) is 75.5 Å². The van der Waals surface area contributed by atoms with Gasteiger partial charge in [0.15, 0.2) is 0 Å². The van der Waals surface area contributed by atoms with E-state index < -0.39 is 4.92 Å². The van der Waals surface area contributed by atoms with Gasteiger partial charge in [0.2, 0.25) is 0 Å². The van der Waals surface area contributed by atoms with Gasteiger partial charge in [-0.2, -0.15) is 0 Å². The first-order chi connectivity index (χ1) is 10.1. The number of aryl methyl sites for hydroxylation is 1. The quantitative estimate of drug-likeness (QED) is 0.664. The molecule has 2 saturated heterocycles. The summed E-state index contributed by atoms with van der Waals surface area (Å²) in [5.41, 5.74) is 0.995. The minimum atomic E-state index is -0.433. The zero-order chi connectivity index (χ0) is 15.0. The van der Waals surface area contributed by atoms with Crippen molar-refractivity contribution in [1.82, 2.24) is 10.2 Å². The second-order valence-electron chi connectivity index (χ2n) is 5.93. The van der Waals surface area contributed by atoms with Gasteiger partial charge in [-0.1, -0.05) is 6.07 Å². The predicted molar refractivity (Wildman–Crippen MR) is 78.3 cm³/mol. The van der Waals surface area contributed by atoms with Crippen LogP contribution >= 0.6 is 0 Å². The van der Waals surface area contributed by atoms with Crippen molar-refractivity contribution < 1.29 is 9.72 Å². The van der Waals surface area contributed by atoms with E-state index in [0.717, 1.165) is 25.9 Å². The number of carbonyl (C=O) groups is 1. The largest absolute Gasteiger partial charge is 0.337 e. The van der Waals surface area contributed by atoms with Gasteiger partial charge in [0.05, 0.1) is 4.92 Å². The molecule has 112 valence electrons. The summed E-state index contributed by atoms with van der Waals surface area (Å²) in [7, 11) is 0. The molecule has 2 atom stereocenters. The first-order valence-corrected chi connectivity index (χ1v) is 7.34. The Labute approximate surface area is 123 Å². The summed E-state index contributed by atoms with van der Waals surface area (Å²) in [6.45, 7) is 4.14. The summed E-state index contributed by atoms with van der Waals surface area (Å²) in [6.07, 6.45) is 2.30. The van der Waals surface area contributed by atoms with Crippen molar-refractivity contribution in [3.05, 3.63) is 39.4 Å². The van der Waals surface area contributed by atoms with Crippen LogP contribution in [-0.2, 0) is 0 Å². The van der Waals surface area contributed by atoms with Crippen molar-refractivity contribution in [3.63, 3.8) is 0 Å². The summed E-state index contributed by atoms with van der Waals surface area (Å²) in [5.74, 6) is 0.414. The van der Waals surface area contributed by atoms with Gasteiger partial charge in [0.1, 0.15) is 0 Å². The van der Waals surface area contributed by atoms with Crippen LogP contribution in [0.4, 0.5) is 5.69 Å². The summed E-state index contributed by atoms with van der Waals surface area (Å²) < 4.78 is 0. The first-order valence-electron chi connectivity index (χ1n) is 7.34. The smallest absolute Gasteiger partial charge is 0.273 e. The highest BCUT2D eigenvalue weighted by Crippen LogP contribution is 2.27. The third-order valence-corrected chi connectivity index (χ3v) is 4.54. The number of carbonyl (C=O) groups excluding carboxylic acids is 1. The molecular weight excluding hydrogens is 270 g/mol. The molecule has 2 fully saturated rings. The van der Waals surface area contributed by atoms with Crippen LogP contribution in [0.3, 0.4) is 0 Å². The number of hydrogen-bond acceptors (Lipinski definition) is 4. The molecule has 0 radical (unpaired) electrons. The summed E-state index contributed by atoms with van der Waals surface area (Å²) in [5, 5.41) is 14.4. The van der Waals surface area contributed by atoms with Gasteiger partial charge >= 0.3 is 0 Å². The average molecular weight is 289 g/mol. The Balaban J connectivity index is 1.79. The molecule has 6 heteroatoms. The summed E-state index contributed by atoms with van der Waals surface area (Å²) in [6, 6.07) is 5.10. The Morgan fingerprint density at radius 1 is 1.43 bits per heavy atom. The number of fused-ring (bicyclic) bond motifs is 1. The molecule has 0 spiro atoms. The van der Waals surface area contributed by atoms with E-state index in [2.05, 4.69) is 5.32 Å². The second-order valence-corrected chi connectivity index (χ2v) is 5.93. The van der Waals surface area contributed by atoms with E-state index in [4.69, 9.17) is 0 Å². The van der Waals surface area contributed by atoms with E-state index in [1.54, 1.807) is 19.1 Å². The minimum Gasteiger partial charge on any atom is -0.337 e. The Morgan fingerprint density at radius 3 is 2.95 bits per heavy atom. The number of likely N-dealkylation sites (tertiary alicyclic amines) is 1. The van der Waals surface area contributed by atoms with Crippen molar-refractivity contribution in [2.75, 3.05) is 19.6 Å². The van der Waals surface area contributed by atoms with Crippen LogP contribution in [0.1, 0.15) is 28.8 Å². The number of nitro benzene ring substituents is 1. The fourth-order valence-corrected chi connectivity index (χ4v) is 3.33. The predicted octanol–water partition coefficient (Wildman–Crippen LogP) is 1.73. The lowest BCUT2D eigenvalue weighted by molar-refractivity contribution is -0.385. The van der Waals surface area contributed by atoms with Crippen LogP contribution in [0.2, 0.25) is 0 Å². The molecule has 1 N–H and O–H groups in total. The zero-order valence-electron chi connectivity index (χ0n) is 12.0. The zero-order valence-corrected chi connectivity index (χ0v) is 12.0. The molecule has 6 nitrogen and oxygen atoms in total. The standard InChI is InChI=1S/C15H19N3O3/c1-10-4-5-11(7-14(10)18(20)21)15(19)17-8-12-3-2-6-16-13(12)9-17/h4-5,7,12-13,16H,2-3,6,8-9H2,1H3/t12-,13+/m0/s1. The minimum absolute atomic E-state index is 0.00980. The van der Waals surface area contributed by atoms with E-state index >= 15 is 0 Å². The molecule has 0 aliphatic carbocycles. The monoisotopic (exact) mass is 289 g/mol. The Hall–Kier alpha value is -1.95. The molecule has 0 unspecified atom stereocenters. The van der Waals surface area contributed by atoms with Gasteiger partial charge in [-0.05, 0) is 38.3 Å². The maximum atomic E-state index is 12.6. The van der Waals surface area contributed by atoms with Gasteiger partial charge < -0.3 is 10.2 Å².